The summed E-state index contributed by atoms with van der Waals surface area (Å²) in [4.78, 5) is 11.8. The van der Waals surface area contributed by atoms with Gasteiger partial charge in [0.2, 0.25) is 10.0 Å². The zero-order valence-corrected chi connectivity index (χ0v) is 11.6. The molecule has 0 amide bonds. The molecule has 1 aromatic carbocycles. The van der Waals surface area contributed by atoms with Gasteiger partial charge >= 0.3 is 5.97 Å². The summed E-state index contributed by atoms with van der Waals surface area (Å²) in [6.45, 7) is 2.18. The first-order valence-corrected chi connectivity index (χ1v) is 7.35. The summed E-state index contributed by atoms with van der Waals surface area (Å²) < 4.78 is 30.9. The molecular weight excluding hydrogens is 268 g/mol. The van der Waals surface area contributed by atoms with Crippen LogP contribution in [-0.2, 0) is 19.6 Å². The van der Waals surface area contributed by atoms with Crippen LogP contribution in [0.5, 0.6) is 0 Å². The SMILES string of the molecule is COC(=O)[C@@H](C)N1CCNc2ccccc2S1(=O)=O. The van der Waals surface area contributed by atoms with Crippen molar-refractivity contribution in [1.82, 2.24) is 4.31 Å². The fourth-order valence-corrected chi connectivity index (χ4v) is 3.83. The molecular formula is C12H16N2O4S. The standard InChI is InChI=1S/C12H16N2O4S/c1-9(12(15)18-2)14-8-7-13-10-5-3-4-6-11(10)19(14,16)17/h3-6,9,13H,7-8H2,1-2H3/t9-/m1/s1. The van der Waals surface area contributed by atoms with Gasteiger partial charge in [0.25, 0.3) is 0 Å². The van der Waals surface area contributed by atoms with Gasteiger partial charge < -0.3 is 10.1 Å². The molecule has 0 aromatic heterocycles. The number of nitrogens with zero attached hydrogens (tertiary/aromatic N) is 1. The number of methoxy groups -OCH3 is 1. The Kier molecular flexibility index (Phi) is 3.77. The molecule has 1 N–H and O–H groups in total. The number of ether oxygens (including phenoxy) is 1. The van der Waals surface area contributed by atoms with E-state index in [4.69, 9.17) is 0 Å². The van der Waals surface area contributed by atoms with Crippen LogP contribution >= 0.6 is 0 Å². The van der Waals surface area contributed by atoms with Crippen molar-refractivity contribution in [2.45, 2.75) is 17.9 Å². The maximum absolute atomic E-state index is 12.6. The number of esters is 1. The second-order valence-corrected chi connectivity index (χ2v) is 6.10. The van der Waals surface area contributed by atoms with Crippen molar-refractivity contribution < 1.29 is 17.9 Å². The number of anilines is 1. The molecule has 0 aliphatic carbocycles. The summed E-state index contributed by atoms with van der Waals surface area (Å²) in [5, 5.41) is 3.05. The van der Waals surface area contributed by atoms with E-state index in [9.17, 15) is 13.2 Å². The highest BCUT2D eigenvalue weighted by atomic mass is 32.2. The minimum Gasteiger partial charge on any atom is -0.468 e. The fraction of sp³-hybridized carbons (Fsp3) is 0.417. The predicted octanol–water partition coefficient (Wildman–Crippen LogP) is 0.664. The molecule has 0 spiro atoms. The number of para-hydroxylation sites is 1. The molecule has 1 aliphatic rings. The van der Waals surface area contributed by atoms with Crippen LogP contribution < -0.4 is 5.32 Å². The number of sulfonamides is 1. The molecule has 0 saturated carbocycles. The minimum atomic E-state index is -3.70. The Balaban J connectivity index is 2.47. The van der Waals surface area contributed by atoms with E-state index >= 15 is 0 Å². The van der Waals surface area contributed by atoms with E-state index in [0.717, 1.165) is 4.31 Å². The highest BCUT2D eigenvalue weighted by Gasteiger charge is 2.36. The third kappa shape index (κ3) is 2.43. The Bertz CT molecular complexity index is 585. The van der Waals surface area contributed by atoms with Crippen molar-refractivity contribution in [2.75, 3.05) is 25.5 Å². The van der Waals surface area contributed by atoms with E-state index in [1.54, 1.807) is 18.2 Å². The van der Waals surface area contributed by atoms with Gasteiger partial charge in [-0.25, -0.2) is 8.42 Å². The molecule has 6 nitrogen and oxygen atoms in total. The van der Waals surface area contributed by atoms with Gasteiger partial charge in [0.05, 0.1) is 12.8 Å². The van der Waals surface area contributed by atoms with Gasteiger partial charge in [-0.1, -0.05) is 12.1 Å². The van der Waals surface area contributed by atoms with Crippen LogP contribution in [0.4, 0.5) is 5.69 Å². The summed E-state index contributed by atoms with van der Waals surface area (Å²) in [6, 6.07) is 5.81. The lowest BCUT2D eigenvalue weighted by Gasteiger charge is -2.24. The molecule has 0 radical (unpaired) electrons. The first-order chi connectivity index (χ1) is 8.98. The molecule has 1 aliphatic heterocycles. The van der Waals surface area contributed by atoms with E-state index in [0.29, 0.717) is 12.2 Å². The summed E-state index contributed by atoms with van der Waals surface area (Å²) in [7, 11) is -2.46. The molecule has 1 heterocycles. The van der Waals surface area contributed by atoms with E-state index < -0.39 is 22.0 Å². The number of hydrogen-bond donors (Lipinski definition) is 1. The quantitative estimate of drug-likeness (QED) is 0.808. The highest BCUT2D eigenvalue weighted by Crippen LogP contribution is 2.28. The third-order valence-electron chi connectivity index (χ3n) is 3.10. The number of benzene rings is 1. The summed E-state index contributed by atoms with van der Waals surface area (Å²) in [5.74, 6) is -0.567. The fourth-order valence-electron chi connectivity index (χ4n) is 2.07. The molecule has 104 valence electrons. The van der Waals surface area contributed by atoms with Gasteiger partial charge in [-0.2, -0.15) is 4.31 Å². The number of carbonyl (C=O) groups is 1. The molecule has 0 bridgehead atoms. The van der Waals surface area contributed by atoms with Crippen LogP contribution in [0.1, 0.15) is 6.92 Å². The van der Waals surface area contributed by atoms with Crippen LogP contribution in [0.2, 0.25) is 0 Å². The largest absolute Gasteiger partial charge is 0.468 e. The zero-order chi connectivity index (χ0) is 14.0. The Hall–Kier alpha value is -1.60. The summed E-state index contributed by atoms with van der Waals surface area (Å²) >= 11 is 0. The van der Waals surface area contributed by atoms with Crippen molar-refractivity contribution in [1.29, 1.82) is 0 Å². The Morgan fingerprint density at radius 2 is 2.11 bits per heavy atom. The first-order valence-electron chi connectivity index (χ1n) is 5.91. The molecule has 1 atom stereocenters. The highest BCUT2D eigenvalue weighted by molar-refractivity contribution is 7.89. The molecule has 0 fully saturated rings. The molecule has 19 heavy (non-hydrogen) atoms. The lowest BCUT2D eigenvalue weighted by Crippen LogP contribution is -2.44. The van der Waals surface area contributed by atoms with Gasteiger partial charge in [-0.3, -0.25) is 4.79 Å². The van der Waals surface area contributed by atoms with Gasteiger partial charge in [0.15, 0.2) is 0 Å². The average Bonchev–Trinajstić information content (AvgIpc) is 2.54. The van der Waals surface area contributed by atoms with Gasteiger partial charge in [0, 0.05) is 13.1 Å². The Labute approximate surface area is 112 Å². The van der Waals surface area contributed by atoms with E-state index in [-0.39, 0.29) is 11.4 Å². The summed E-state index contributed by atoms with van der Waals surface area (Å²) in [5.41, 5.74) is 0.557. The normalized spacial score (nSPS) is 19.7. The van der Waals surface area contributed by atoms with Crippen LogP contribution in [0.25, 0.3) is 0 Å². The number of fused-ring (bicyclic) bond motifs is 1. The molecule has 0 unspecified atom stereocenters. The molecule has 2 rings (SSSR count). The predicted molar refractivity (Wildman–Crippen MR) is 70.3 cm³/mol. The number of hydrogen-bond acceptors (Lipinski definition) is 5. The van der Waals surface area contributed by atoms with Crippen LogP contribution in [0, 0.1) is 0 Å². The smallest absolute Gasteiger partial charge is 0.323 e. The number of carbonyl (C=O) groups excluding carboxylic acids is 1. The lowest BCUT2D eigenvalue weighted by molar-refractivity contribution is -0.144. The van der Waals surface area contributed by atoms with Crippen LogP contribution in [-0.4, -0.2) is 44.9 Å². The van der Waals surface area contributed by atoms with Crippen LogP contribution in [0.15, 0.2) is 29.2 Å². The van der Waals surface area contributed by atoms with Crippen molar-refractivity contribution in [2.24, 2.45) is 0 Å². The van der Waals surface area contributed by atoms with Gasteiger partial charge in [-0.05, 0) is 19.1 Å². The Morgan fingerprint density at radius 3 is 2.79 bits per heavy atom. The monoisotopic (exact) mass is 284 g/mol. The van der Waals surface area contributed by atoms with Crippen molar-refractivity contribution in [3.8, 4) is 0 Å². The van der Waals surface area contributed by atoms with Crippen molar-refractivity contribution in [3.05, 3.63) is 24.3 Å². The van der Waals surface area contributed by atoms with E-state index in [1.165, 1.54) is 20.1 Å². The minimum absolute atomic E-state index is 0.184. The second kappa shape index (κ2) is 5.18. The number of rotatable bonds is 2. The van der Waals surface area contributed by atoms with Crippen molar-refractivity contribution in [3.63, 3.8) is 0 Å². The first kappa shape index (κ1) is 13.8. The summed E-state index contributed by atoms with van der Waals surface area (Å²) in [6.07, 6.45) is 0. The molecule has 0 saturated heterocycles. The van der Waals surface area contributed by atoms with Crippen LogP contribution in [0.3, 0.4) is 0 Å². The van der Waals surface area contributed by atoms with Gasteiger partial charge in [-0.15, -0.1) is 0 Å². The zero-order valence-electron chi connectivity index (χ0n) is 10.8. The lowest BCUT2D eigenvalue weighted by atomic mass is 10.3. The molecule has 1 aromatic rings. The second-order valence-electron chi connectivity index (χ2n) is 4.24. The van der Waals surface area contributed by atoms with Crippen molar-refractivity contribution >= 4 is 21.7 Å². The average molecular weight is 284 g/mol. The van der Waals surface area contributed by atoms with E-state index in [2.05, 4.69) is 10.1 Å². The van der Waals surface area contributed by atoms with E-state index in [1.807, 2.05) is 0 Å². The molecule has 7 heteroatoms. The topological polar surface area (TPSA) is 75.7 Å². The number of nitrogens with one attached hydrogen (secondary N) is 1. The maximum Gasteiger partial charge on any atom is 0.323 e. The Morgan fingerprint density at radius 1 is 1.42 bits per heavy atom. The maximum atomic E-state index is 12.6. The third-order valence-corrected chi connectivity index (χ3v) is 5.12. The van der Waals surface area contributed by atoms with Gasteiger partial charge in [0.1, 0.15) is 10.9 Å².